The van der Waals surface area contributed by atoms with Crippen molar-refractivity contribution in [3.8, 4) is 0 Å². The van der Waals surface area contributed by atoms with Gasteiger partial charge in [0, 0.05) is 12.6 Å². The van der Waals surface area contributed by atoms with E-state index in [0.717, 1.165) is 25.7 Å². The molecule has 0 aromatic rings. The Bertz CT molecular complexity index is 368. The van der Waals surface area contributed by atoms with E-state index in [0.29, 0.717) is 6.54 Å². The number of amides is 2. The first-order chi connectivity index (χ1) is 9.78. The molecule has 1 rings (SSSR count). The third kappa shape index (κ3) is 5.73. The number of ether oxygens (including phenoxy) is 1. The maximum atomic E-state index is 12.4. The highest BCUT2D eigenvalue weighted by atomic mass is 35.5. The molecule has 1 aliphatic carbocycles. The fraction of sp³-hybridized carbons (Fsp3) is 0.867. The van der Waals surface area contributed by atoms with Gasteiger partial charge in [0.1, 0.15) is 11.5 Å². The lowest BCUT2D eigenvalue weighted by Gasteiger charge is -2.40. The number of hydrogen-bond acceptors (Lipinski definition) is 3. The Balaban J connectivity index is 2.79. The second kappa shape index (κ2) is 7.87. The van der Waals surface area contributed by atoms with Gasteiger partial charge in [0.05, 0.1) is 6.04 Å². The monoisotopic (exact) mass is 318 g/mol. The standard InChI is InChI=1S/C15H27ClN2O3/c1-5-18(14(20)21-15(2,3)4)12-9-7-6-8-11(12)17-13(19)10-16/h11-12H,5-10H2,1-4H3,(H,17,19)/t11-,12+/m0/s1. The molecule has 0 radical (unpaired) electrons. The van der Waals surface area contributed by atoms with E-state index in [-0.39, 0.29) is 30.0 Å². The van der Waals surface area contributed by atoms with Crippen LogP contribution in [0.1, 0.15) is 53.4 Å². The van der Waals surface area contributed by atoms with Gasteiger partial charge in [-0.05, 0) is 40.5 Å². The van der Waals surface area contributed by atoms with Crippen molar-refractivity contribution in [1.82, 2.24) is 10.2 Å². The van der Waals surface area contributed by atoms with Crippen molar-refractivity contribution in [2.24, 2.45) is 0 Å². The summed E-state index contributed by atoms with van der Waals surface area (Å²) >= 11 is 5.56. The van der Waals surface area contributed by atoms with E-state index in [2.05, 4.69) is 5.32 Å². The van der Waals surface area contributed by atoms with Crippen molar-refractivity contribution in [3.63, 3.8) is 0 Å². The van der Waals surface area contributed by atoms with E-state index < -0.39 is 5.60 Å². The van der Waals surface area contributed by atoms with Crippen molar-refractivity contribution >= 4 is 23.6 Å². The van der Waals surface area contributed by atoms with Gasteiger partial charge < -0.3 is 15.0 Å². The van der Waals surface area contributed by atoms with Crippen LogP contribution in [-0.4, -0.2) is 47.0 Å². The highest BCUT2D eigenvalue weighted by Crippen LogP contribution is 2.25. The zero-order valence-electron chi connectivity index (χ0n) is 13.4. The van der Waals surface area contributed by atoms with Crippen LogP contribution in [0.25, 0.3) is 0 Å². The van der Waals surface area contributed by atoms with Crippen LogP contribution in [0, 0.1) is 0 Å². The second-order valence-electron chi connectivity index (χ2n) is 6.43. The van der Waals surface area contributed by atoms with Crippen molar-refractivity contribution in [1.29, 1.82) is 0 Å². The molecular formula is C15H27ClN2O3. The number of carbonyl (C=O) groups excluding carboxylic acids is 2. The number of nitrogens with zero attached hydrogens (tertiary/aromatic N) is 1. The van der Waals surface area contributed by atoms with E-state index in [9.17, 15) is 9.59 Å². The number of hydrogen-bond donors (Lipinski definition) is 1. The zero-order chi connectivity index (χ0) is 16.0. The topological polar surface area (TPSA) is 58.6 Å². The lowest BCUT2D eigenvalue weighted by Crippen LogP contribution is -2.56. The van der Waals surface area contributed by atoms with Crippen molar-refractivity contribution in [2.75, 3.05) is 12.4 Å². The van der Waals surface area contributed by atoms with Crippen molar-refractivity contribution < 1.29 is 14.3 Å². The Kier molecular flexibility index (Phi) is 6.78. The molecule has 0 bridgehead atoms. The highest BCUT2D eigenvalue weighted by molar-refractivity contribution is 6.27. The molecule has 122 valence electrons. The van der Waals surface area contributed by atoms with Crippen molar-refractivity contribution in [3.05, 3.63) is 0 Å². The van der Waals surface area contributed by atoms with E-state index in [1.165, 1.54) is 0 Å². The smallest absolute Gasteiger partial charge is 0.410 e. The van der Waals surface area contributed by atoms with Crippen LogP contribution in [0.5, 0.6) is 0 Å². The summed E-state index contributed by atoms with van der Waals surface area (Å²) in [6.07, 6.45) is 3.53. The Morgan fingerprint density at radius 2 is 1.90 bits per heavy atom. The van der Waals surface area contributed by atoms with Crippen LogP contribution in [0.2, 0.25) is 0 Å². The van der Waals surface area contributed by atoms with Gasteiger partial charge in [-0.3, -0.25) is 4.79 Å². The van der Waals surface area contributed by atoms with Gasteiger partial charge in [-0.25, -0.2) is 4.79 Å². The van der Waals surface area contributed by atoms with Crippen LogP contribution < -0.4 is 5.32 Å². The quantitative estimate of drug-likeness (QED) is 0.811. The summed E-state index contributed by atoms with van der Waals surface area (Å²) < 4.78 is 5.47. The summed E-state index contributed by atoms with van der Waals surface area (Å²) in [5.41, 5.74) is -0.520. The number of carbonyl (C=O) groups is 2. The first kappa shape index (κ1) is 18.1. The molecule has 0 spiro atoms. The summed E-state index contributed by atoms with van der Waals surface area (Å²) in [7, 11) is 0. The van der Waals surface area contributed by atoms with E-state index in [4.69, 9.17) is 16.3 Å². The molecule has 5 nitrogen and oxygen atoms in total. The van der Waals surface area contributed by atoms with Gasteiger partial charge in [0.15, 0.2) is 0 Å². The lowest BCUT2D eigenvalue weighted by molar-refractivity contribution is -0.120. The van der Waals surface area contributed by atoms with Gasteiger partial charge in [-0.2, -0.15) is 0 Å². The normalized spacial score (nSPS) is 22.5. The average molecular weight is 319 g/mol. The number of halogens is 1. The molecule has 0 saturated heterocycles. The molecule has 1 fully saturated rings. The predicted molar refractivity (Wildman–Crippen MR) is 83.5 cm³/mol. The number of nitrogens with one attached hydrogen (secondary N) is 1. The molecule has 2 amide bonds. The SMILES string of the molecule is CCN(C(=O)OC(C)(C)C)[C@@H]1CCCC[C@@H]1NC(=O)CCl. The van der Waals surface area contributed by atoms with Crippen LogP contribution in [0.15, 0.2) is 0 Å². The van der Waals surface area contributed by atoms with Crippen LogP contribution in [0.4, 0.5) is 4.79 Å². The summed E-state index contributed by atoms with van der Waals surface area (Å²) in [6, 6.07) is -0.0664. The minimum Gasteiger partial charge on any atom is -0.444 e. The summed E-state index contributed by atoms with van der Waals surface area (Å²) in [6.45, 7) is 8.05. The van der Waals surface area contributed by atoms with Gasteiger partial charge in [0.25, 0.3) is 0 Å². The zero-order valence-corrected chi connectivity index (χ0v) is 14.2. The molecule has 0 aliphatic heterocycles. The fourth-order valence-electron chi connectivity index (χ4n) is 2.72. The van der Waals surface area contributed by atoms with Crippen molar-refractivity contribution in [2.45, 2.75) is 71.1 Å². The first-order valence-corrected chi connectivity index (χ1v) is 8.17. The number of alkyl halides is 1. The molecule has 0 unspecified atom stereocenters. The summed E-state index contributed by atoms with van der Waals surface area (Å²) in [5.74, 6) is -0.240. The maximum Gasteiger partial charge on any atom is 0.410 e. The molecule has 1 saturated carbocycles. The van der Waals surface area contributed by atoms with Crippen LogP contribution in [0.3, 0.4) is 0 Å². The molecular weight excluding hydrogens is 292 g/mol. The third-order valence-electron chi connectivity index (χ3n) is 3.57. The van der Waals surface area contributed by atoms with E-state index in [1.54, 1.807) is 4.90 Å². The Morgan fingerprint density at radius 3 is 2.43 bits per heavy atom. The minimum absolute atomic E-state index is 0.0224. The Hall–Kier alpha value is -0.970. The van der Waals surface area contributed by atoms with E-state index >= 15 is 0 Å². The molecule has 6 heteroatoms. The molecule has 1 aliphatic rings. The fourth-order valence-corrected chi connectivity index (χ4v) is 2.79. The van der Waals surface area contributed by atoms with E-state index in [1.807, 2.05) is 27.7 Å². The molecule has 21 heavy (non-hydrogen) atoms. The van der Waals surface area contributed by atoms with Gasteiger partial charge in [0.2, 0.25) is 5.91 Å². The lowest BCUT2D eigenvalue weighted by atomic mass is 9.89. The van der Waals surface area contributed by atoms with Crippen LogP contribution in [-0.2, 0) is 9.53 Å². The number of rotatable bonds is 4. The Labute approximate surface area is 132 Å². The first-order valence-electron chi connectivity index (χ1n) is 7.63. The molecule has 0 aromatic heterocycles. The molecule has 0 heterocycles. The summed E-state index contributed by atoms with van der Waals surface area (Å²) in [4.78, 5) is 25.6. The van der Waals surface area contributed by atoms with Gasteiger partial charge in [-0.15, -0.1) is 11.6 Å². The predicted octanol–water partition coefficient (Wildman–Crippen LogP) is 2.91. The largest absolute Gasteiger partial charge is 0.444 e. The Morgan fingerprint density at radius 1 is 1.29 bits per heavy atom. The number of likely N-dealkylation sites (N-methyl/N-ethyl adjacent to an activating group) is 1. The van der Waals surface area contributed by atoms with Gasteiger partial charge in [-0.1, -0.05) is 12.8 Å². The second-order valence-corrected chi connectivity index (χ2v) is 6.69. The average Bonchev–Trinajstić information content (AvgIpc) is 2.39. The maximum absolute atomic E-state index is 12.4. The molecule has 1 N–H and O–H groups in total. The molecule has 0 aromatic carbocycles. The highest BCUT2D eigenvalue weighted by Gasteiger charge is 2.34. The minimum atomic E-state index is -0.520. The molecule has 2 atom stereocenters. The van der Waals surface area contributed by atoms with Crippen LogP contribution >= 0.6 is 11.6 Å². The third-order valence-corrected chi connectivity index (χ3v) is 3.81. The van der Waals surface area contributed by atoms with Gasteiger partial charge >= 0.3 is 6.09 Å². The summed E-state index contributed by atoms with van der Waals surface area (Å²) in [5, 5.41) is 2.93.